The molecule has 0 atom stereocenters. The normalized spacial score (nSPS) is 18.4. The lowest BCUT2D eigenvalue weighted by molar-refractivity contribution is 0.0760. The minimum absolute atomic E-state index is 0.266. The van der Waals surface area contributed by atoms with Crippen LogP contribution in [0.15, 0.2) is 29.6 Å². The molecule has 0 bridgehead atoms. The molecule has 1 aromatic heterocycles. The van der Waals surface area contributed by atoms with Gasteiger partial charge in [0, 0.05) is 43.0 Å². The van der Waals surface area contributed by atoms with Crippen LogP contribution in [0, 0.1) is 6.92 Å². The van der Waals surface area contributed by atoms with Crippen LogP contribution in [0.25, 0.3) is 0 Å². The van der Waals surface area contributed by atoms with Gasteiger partial charge in [0.05, 0.1) is 5.56 Å². The molecule has 1 amide bonds. The molecule has 4 heteroatoms. The third kappa shape index (κ3) is 3.72. The molecule has 0 N–H and O–H groups in total. The fourth-order valence-corrected chi connectivity index (χ4v) is 5.32. The fourth-order valence-electron chi connectivity index (χ4n) is 4.20. The number of thiophene rings is 1. The van der Waals surface area contributed by atoms with Crippen molar-refractivity contribution in [1.29, 1.82) is 0 Å². The van der Waals surface area contributed by atoms with Crippen molar-refractivity contribution in [2.24, 2.45) is 0 Å². The highest BCUT2D eigenvalue weighted by Gasteiger charge is 2.25. The Morgan fingerprint density at radius 2 is 1.88 bits per heavy atom. The van der Waals surface area contributed by atoms with Crippen LogP contribution < -0.4 is 0 Å². The van der Waals surface area contributed by atoms with Crippen molar-refractivity contribution in [2.75, 3.05) is 26.2 Å². The lowest BCUT2D eigenvalue weighted by atomic mass is 9.95. The molecule has 26 heavy (non-hydrogen) atoms. The van der Waals surface area contributed by atoms with Gasteiger partial charge in [-0.25, -0.2) is 0 Å². The number of hydrogen-bond donors (Lipinski definition) is 0. The lowest BCUT2D eigenvalue weighted by Crippen LogP contribution is -2.35. The second-order valence-electron chi connectivity index (χ2n) is 7.61. The Morgan fingerprint density at radius 1 is 1.04 bits per heavy atom. The Hall–Kier alpha value is -1.65. The van der Waals surface area contributed by atoms with Gasteiger partial charge in [-0.2, -0.15) is 0 Å². The Kier molecular flexibility index (Phi) is 5.41. The maximum Gasteiger partial charge on any atom is 0.255 e. The average molecular weight is 369 g/mol. The molecule has 1 aliphatic carbocycles. The maximum atomic E-state index is 13.1. The molecule has 0 spiro atoms. The topological polar surface area (TPSA) is 23.6 Å². The summed E-state index contributed by atoms with van der Waals surface area (Å²) in [5.74, 6) is 0.266. The van der Waals surface area contributed by atoms with E-state index < -0.39 is 0 Å². The first-order valence-corrected chi connectivity index (χ1v) is 10.8. The van der Waals surface area contributed by atoms with E-state index in [2.05, 4.69) is 46.4 Å². The zero-order valence-corrected chi connectivity index (χ0v) is 16.5. The zero-order chi connectivity index (χ0) is 17.9. The predicted octanol–water partition coefficient (Wildman–Crippen LogP) is 4.28. The molecule has 1 aliphatic heterocycles. The van der Waals surface area contributed by atoms with Gasteiger partial charge < -0.3 is 4.90 Å². The molecule has 4 rings (SSSR count). The Balaban J connectivity index is 1.41. The second kappa shape index (κ2) is 7.93. The number of rotatable bonds is 3. The van der Waals surface area contributed by atoms with E-state index in [0.29, 0.717) is 0 Å². The molecule has 2 aromatic rings. The summed E-state index contributed by atoms with van der Waals surface area (Å²) in [6.07, 6.45) is 5.82. The highest BCUT2D eigenvalue weighted by Crippen LogP contribution is 2.31. The van der Waals surface area contributed by atoms with E-state index >= 15 is 0 Å². The first-order valence-electron chi connectivity index (χ1n) is 9.88. The van der Waals surface area contributed by atoms with E-state index in [0.717, 1.165) is 57.5 Å². The second-order valence-corrected chi connectivity index (χ2v) is 8.57. The number of hydrogen-bond acceptors (Lipinski definition) is 3. The van der Waals surface area contributed by atoms with Gasteiger partial charge in [-0.1, -0.05) is 24.3 Å². The summed E-state index contributed by atoms with van der Waals surface area (Å²) in [5.41, 5.74) is 5.11. The molecular weight excluding hydrogens is 340 g/mol. The summed E-state index contributed by atoms with van der Waals surface area (Å²) in [7, 11) is 0. The van der Waals surface area contributed by atoms with Gasteiger partial charge in [-0.05, 0) is 55.7 Å². The van der Waals surface area contributed by atoms with E-state index in [-0.39, 0.29) is 5.91 Å². The van der Waals surface area contributed by atoms with E-state index in [9.17, 15) is 4.79 Å². The van der Waals surface area contributed by atoms with Gasteiger partial charge in [0.1, 0.15) is 0 Å². The number of nitrogens with zero attached hydrogens (tertiary/aromatic N) is 2. The maximum absolute atomic E-state index is 13.1. The van der Waals surface area contributed by atoms with Crippen LogP contribution in [-0.2, 0) is 19.4 Å². The van der Waals surface area contributed by atoms with Gasteiger partial charge in [-0.3, -0.25) is 9.69 Å². The molecule has 1 aromatic carbocycles. The van der Waals surface area contributed by atoms with Gasteiger partial charge in [0.15, 0.2) is 0 Å². The quantitative estimate of drug-likeness (QED) is 0.807. The summed E-state index contributed by atoms with van der Waals surface area (Å²) in [5, 5.41) is 2.12. The van der Waals surface area contributed by atoms with Gasteiger partial charge in [-0.15, -0.1) is 11.3 Å². The smallest absolute Gasteiger partial charge is 0.255 e. The fraction of sp³-hybridized carbons (Fsp3) is 0.500. The average Bonchev–Trinajstić information content (AvgIpc) is 2.95. The number of aryl methyl sites for hydroxylation is 2. The van der Waals surface area contributed by atoms with Crippen molar-refractivity contribution in [3.05, 3.63) is 56.8 Å². The number of amides is 1. The number of fused-ring (bicyclic) bond motifs is 1. The van der Waals surface area contributed by atoms with Crippen molar-refractivity contribution in [2.45, 2.75) is 45.6 Å². The van der Waals surface area contributed by atoms with Crippen molar-refractivity contribution in [3.63, 3.8) is 0 Å². The molecule has 0 unspecified atom stereocenters. The molecule has 2 heterocycles. The van der Waals surface area contributed by atoms with Crippen molar-refractivity contribution in [1.82, 2.24) is 9.80 Å². The van der Waals surface area contributed by atoms with Crippen molar-refractivity contribution >= 4 is 17.2 Å². The van der Waals surface area contributed by atoms with Crippen molar-refractivity contribution < 1.29 is 4.79 Å². The molecule has 138 valence electrons. The summed E-state index contributed by atoms with van der Waals surface area (Å²) in [6, 6.07) is 8.63. The Morgan fingerprint density at radius 3 is 2.77 bits per heavy atom. The molecular formula is C22H28N2OS. The van der Waals surface area contributed by atoms with Crippen LogP contribution >= 0.6 is 11.3 Å². The molecule has 2 aliphatic rings. The standard InChI is InChI=1S/C22H28N2OS/c1-17-7-2-3-8-18(17)15-23-11-6-12-24(14-13-23)22(25)20-16-26-21-10-5-4-9-19(20)21/h2-3,7-8,16H,4-6,9-15H2,1H3. The first-order chi connectivity index (χ1) is 12.7. The van der Waals surface area contributed by atoms with Gasteiger partial charge >= 0.3 is 0 Å². The van der Waals surface area contributed by atoms with E-state index in [1.165, 1.54) is 34.4 Å². The summed E-state index contributed by atoms with van der Waals surface area (Å²) in [4.78, 5) is 19.2. The number of benzene rings is 1. The molecule has 0 radical (unpaired) electrons. The third-order valence-electron chi connectivity index (χ3n) is 5.82. The van der Waals surface area contributed by atoms with Crippen LogP contribution in [0.2, 0.25) is 0 Å². The Bertz CT molecular complexity index is 782. The molecule has 1 saturated heterocycles. The van der Waals surface area contributed by atoms with E-state index in [1.807, 2.05) is 0 Å². The summed E-state index contributed by atoms with van der Waals surface area (Å²) >= 11 is 1.80. The number of carbonyl (C=O) groups is 1. The summed E-state index contributed by atoms with van der Waals surface area (Å²) < 4.78 is 0. The van der Waals surface area contributed by atoms with Crippen LogP contribution in [0.4, 0.5) is 0 Å². The van der Waals surface area contributed by atoms with Gasteiger partial charge in [0.2, 0.25) is 0 Å². The van der Waals surface area contributed by atoms with Crippen LogP contribution in [-0.4, -0.2) is 41.9 Å². The summed E-state index contributed by atoms with van der Waals surface area (Å²) in [6.45, 7) is 6.93. The van der Waals surface area contributed by atoms with Crippen LogP contribution in [0.1, 0.15) is 51.2 Å². The lowest BCUT2D eigenvalue weighted by Gasteiger charge is -2.23. The highest BCUT2D eigenvalue weighted by molar-refractivity contribution is 7.10. The van der Waals surface area contributed by atoms with E-state index in [4.69, 9.17) is 0 Å². The molecule has 1 fully saturated rings. The first kappa shape index (κ1) is 17.7. The van der Waals surface area contributed by atoms with Crippen LogP contribution in [0.3, 0.4) is 0 Å². The largest absolute Gasteiger partial charge is 0.337 e. The van der Waals surface area contributed by atoms with Crippen LogP contribution in [0.5, 0.6) is 0 Å². The minimum Gasteiger partial charge on any atom is -0.337 e. The third-order valence-corrected chi connectivity index (χ3v) is 6.91. The number of carbonyl (C=O) groups excluding carboxylic acids is 1. The SMILES string of the molecule is Cc1ccccc1CN1CCCN(C(=O)c2csc3c2CCCC3)CC1. The predicted molar refractivity (Wildman–Crippen MR) is 108 cm³/mol. The highest BCUT2D eigenvalue weighted by atomic mass is 32.1. The molecule has 0 saturated carbocycles. The zero-order valence-electron chi connectivity index (χ0n) is 15.7. The Labute approximate surface area is 160 Å². The monoisotopic (exact) mass is 368 g/mol. The minimum atomic E-state index is 0.266. The van der Waals surface area contributed by atoms with E-state index in [1.54, 1.807) is 11.3 Å². The van der Waals surface area contributed by atoms with Crippen molar-refractivity contribution in [3.8, 4) is 0 Å². The molecule has 3 nitrogen and oxygen atoms in total. The van der Waals surface area contributed by atoms with Gasteiger partial charge in [0.25, 0.3) is 5.91 Å².